The van der Waals surface area contributed by atoms with Gasteiger partial charge >= 0.3 is 10.2 Å². The monoisotopic (exact) mass is 802 g/mol. The van der Waals surface area contributed by atoms with Gasteiger partial charge in [0.1, 0.15) is 0 Å². The normalized spacial score (nSPS) is 18.9. The zero-order chi connectivity index (χ0) is 37.3. The van der Waals surface area contributed by atoms with E-state index >= 15 is 0 Å². The quantitative estimate of drug-likeness (QED) is 0.156. The molecule has 280 valence electrons. The van der Waals surface area contributed by atoms with Gasteiger partial charge in [-0.2, -0.15) is 25.4 Å². The molecule has 0 atom stereocenters. The Bertz CT molecular complexity index is 1890. The number of nitrogens with zero attached hydrogens (tertiary/aromatic N) is 2. The van der Waals surface area contributed by atoms with E-state index in [1.165, 1.54) is 8.61 Å². The van der Waals surface area contributed by atoms with Crippen LogP contribution in [0.2, 0.25) is 10.0 Å². The number of benzene rings is 2. The lowest BCUT2D eigenvalue weighted by Gasteiger charge is -2.26. The van der Waals surface area contributed by atoms with Crippen LogP contribution in [0.15, 0.2) is 58.9 Å². The summed E-state index contributed by atoms with van der Waals surface area (Å²) in [4.78, 5) is 23.0. The zero-order valence-electron chi connectivity index (χ0n) is 28.7. The molecule has 0 bridgehead atoms. The molecule has 2 saturated heterocycles. The summed E-state index contributed by atoms with van der Waals surface area (Å²) in [6, 6.07) is 10.2. The number of carbonyl (C=O) groups excluding carboxylic acids is 2. The molecular formula is C34H45Cl3N6O6S2. The van der Waals surface area contributed by atoms with Crippen molar-refractivity contribution in [1.82, 2.24) is 8.61 Å². The van der Waals surface area contributed by atoms with Crippen LogP contribution in [0.25, 0.3) is 0 Å². The van der Waals surface area contributed by atoms with Gasteiger partial charge in [0, 0.05) is 77.9 Å². The molecule has 0 saturated carbocycles. The maximum atomic E-state index is 12.5. The van der Waals surface area contributed by atoms with E-state index in [-0.39, 0.29) is 11.6 Å². The van der Waals surface area contributed by atoms with E-state index in [0.717, 1.165) is 67.6 Å². The van der Waals surface area contributed by atoms with Crippen molar-refractivity contribution in [1.29, 1.82) is 0 Å². The highest BCUT2D eigenvalue weighted by Crippen LogP contribution is 2.32. The molecule has 12 nitrogen and oxygen atoms in total. The first-order valence-corrected chi connectivity index (χ1v) is 21.3. The van der Waals surface area contributed by atoms with Crippen LogP contribution in [0.1, 0.15) is 78.1 Å². The van der Waals surface area contributed by atoms with Gasteiger partial charge in [-0.05, 0) is 88.8 Å². The van der Waals surface area contributed by atoms with Crippen molar-refractivity contribution < 1.29 is 26.4 Å². The highest BCUT2D eigenvalue weighted by atomic mass is 35.7. The average Bonchev–Trinajstić information content (AvgIpc) is 3.59. The summed E-state index contributed by atoms with van der Waals surface area (Å²) >= 11 is 12.3. The third-order valence-corrected chi connectivity index (χ3v) is 12.8. The predicted octanol–water partition coefficient (Wildman–Crippen LogP) is 7.46. The fourth-order valence-electron chi connectivity index (χ4n) is 5.93. The van der Waals surface area contributed by atoms with E-state index < -0.39 is 19.4 Å². The number of piperidine rings is 2. The third kappa shape index (κ3) is 11.8. The molecule has 0 amide bonds. The minimum absolute atomic E-state index is 0.126. The molecule has 0 radical (unpaired) electrons. The van der Waals surface area contributed by atoms with E-state index in [2.05, 4.69) is 15.4 Å². The molecule has 0 aromatic heterocycles. The summed E-state index contributed by atoms with van der Waals surface area (Å²) < 4.78 is 51.8. The van der Waals surface area contributed by atoms with Crippen molar-refractivity contribution in [3.05, 3.63) is 69.0 Å². The number of Topliss-reactive ketones (excluding diaryl/α,β-unsaturated/α-hetero) is 2. The number of hydrogen-bond acceptors (Lipinski definition) is 9. The lowest BCUT2D eigenvalue weighted by molar-refractivity contribution is -0.115. The molecule has 4 aliphatic rings. The lowest BCUT2D eigenvalue weighted by atomic mass is 10.2. The summed E-state index contributed by atoms with van der Waals surface area (Å²) in [5, 5.41) is 7.43. The fourth-order valence-corrected chi connectivity index (χ4v) is 8.66. The van der Waals surface area contributed by atoms with Crippen LogP contribution in [-0.4, -0.2) is 63.2 Å². The molecule has 5 N–H and O–H groups in total. The van der Waals surface area contributed by atoms with Crippen molar-refractivity contribution in [3.8, 4) is 0 Å². The molecule has 2 aromatic rings. The zero-order valence-corrected chi connectivity index (χ0v) is 32.6. The Morgan fingerprint density at radius 1 is 0.647 bits per heavy atom. The van der Waals surface area contributed by atoms with Gasteiger partial charge in [0.15, 0.2) is 11.6 Å². The van der Waals surface area contributed by atoms with Crippen molar-refractivity contribution >= 4 is 87.6 Å². The van der Waals surface area contributed by atoms with E-state index in [9.17, 15) is 26.4 Å². The molecule has 2 aliphatic carbocycles. The number of ketones is 2. The summed E-state index contributed by atoms with van der Waals surface area (Å²) in [5.74, 6) is 0.322. The second-order valence-electron chi connectivity index (χ2n) is 12.7. The Morgan fingerprint density at radius 3 is 1.53 bits per heavy atom. The molecule has 0 spiro atoms. The molecule has 6 rings (SSSR count). The van der Waals surface area contributed by atoms with Gasteiger partial charge < -0.3 is 16.4 Å². The molecule has 2 aliphatic heterocycles. The van der Waals surface area contributed by atoms with Gasteiger partial charge in [-0.1, -0.05) is 36.0 Å². The van der Waals surface area contributed by atoms with Crippen LogP contribution >= 0.6 is 33.9 Å². The van der Waals surface area contributed by atoms with Gasteiger partial charge in [-0.25, -0.2) is 0 Å². The topological polar surface area (TPSA) is 171 Å². The van der Waals surface area contributed by atoms with Crippen LogP contribution < -0.4 is 21.1 Å². The molecule has 17 heteroatoms. The van der Waals surface area contributed by atoms with Gasteiger partial charge in [-0.15, -0.1) is 0 Å². The molecule has 0 unspecified atom stereocenters. The number of rotatable bonds is 8. The minimum Gasteiger partial charge on any atom is -0.399 e. The second kappa shape index (κ2) is 18.3. The minimum atomic E-state index is -3.57. The van der Waals surface area contributed by atoms with Crippen molar-refractivity contribution in [2.24, 2.45) is 0 Å². The van der Waals surface area contributed by atoms with Crippen molar-refractivity contribution in [2.75, 3.05) is 47.3 Å². The highest BCUT2D eigenvalue weighted by molar-refractivity contribution is 8.11. The third-order valence-electron chi connectivity index (χ3n) is 9.00. The first-order chi connectivity index (χ1) is 24.0. The molecule has 51 heavy (non-hydrogen) atoms. The maximum Gasteiger partial charge on any atom is 0.301 e. The Hall–Kier alpha value is -2.85. The van der Waals surface area contributed by atoms with E-state index in [1.54, 1.807) is 43.3 Å². The molecule has 2 fully saturated rings. The Kier molecular flexibility index (Phi) is 14.7. The Balaban J connectivity index is 0.000000191. The SMILES string of the molecule is CC1=C(Nc2cc(N)ccc2Cl)CCC1=O.CC1=C(Nc2cc(NS(=O)(=O)N3CCCCC3)ccc2Cl)CCC1=O.O=S(=O)(Cl)N1CCCCC1. The summed E-state index contributed by atoms with van der Waals surface area (Å²) in [6.07, 6.45) is 8.28. The number of carbonyl (C=O) groups is 2. The van der Waals surface area contributed by atoms with E-state index in [0.29, 0.717) is 78.1 Å². The highest BCUT2D eigenvalue weighted by Gasteiger charge is 2.25. The van der Waals surface area contributed by atoms with Crippen LogP contribution in [-0.2, 0) is 29.0 Å². The van der Waals surface area contributed by atoms with Crippen LogP contribution in [0.3, 0.4) is 0 Å². The molecule has 2 aromatic carbocycles. The average molecular weight is 804 g/mol. The first kappa shape index (κ1) is 40.9. The smallest absolute Gasteiger partial charge is 0.301 e. The Morgan fingerprint density at radius 2 is 1.10 bits per heavy atom. The number of anilines is 4. The van der Waals surface area contributed by atoms with Crippen LogP contribution in [0.5, 0.6) is 0 Å². The lowest BCUT2D eigenvalue weighted by Crippen LogP contribution is -2.39. The number of nitrogens with two attached hydrogens (primary N) is 1. The summed E-state index contributed by atoms with van der Waals surface area (Å²) in [6.45, 7) is 5.88. The fraction of sp³-hybridized carbons (Fsp3) is 0.471. The van der Waals surface area contributed by atoms with Crippen LogP contribution in [0, 0.1) is 0 Å². The largest absolute Gasteiger partial charge is 0.399 e. The maximum absolute atomic E-state index is 12.5. The number of nitrogens with one attached hydrogen (secondary N) is 3. The number of hydrogen-bond donors (Lipinski definition) is 4. The number of nitrogen functional groups attached to an aromatic ring is 1. The van der Waals surface area contributed by atoms with E-state index in [4.69, 9.17) is 39.6 Å². The second-order valence-corrected chi connectivity index (χ2v) is 17.7. The first-order valence-electron chi connectivity index (χ1n) is 16.9. The standard InChI is InChI=1S/C17H22ClN3O3S.C12H13ClN2O.C5H10ClNO2S/c1-12-15(7-8-17(12)22)19-16-11-13(5-6-14(16)18)20-25(23,24)21-9-3-2-4-10-21;1-7-10(4-5-12(7)16)15-11-6-8(14)2-3-9(11)13;6-10(8,9)7-4-2-1-3-5-7/h5-6,11,19-20H,2-4,7-10H2,1H3;2-3,6,15H,4-5,14H2,1H3;1-5H2. The van der Waals surface area contributed by atoms with E-state index in [1.807, 2.05) is 6.92 Å². The van der Waals surface area contributed by atoms with Crippen molar-refractivity contribution in [3.63, 3.8) is 0 Å². The Labute approximate surface area is 315 Å². The molecule has 2 heterocycles. The van der Waals surface area contributed by atoms with Gasteiger partial charge in [0.25, 0.3) is 9.24 Å². The number of allylic oxidation sites excluding steroid dienone is 4. The van der Waals surface area contributed by atoms with Gasteiger partial charge in [-0.3, -0.25) is 14.3 Å². The number of halogens is 3. The summed E-state index contributed by atoms with van der Waals surface area (Å²) in [5.41, 5.74) is 11.4. The van der Waals surface area contributed by atoms with Gasteiger partial charge in [0.05, 0.1) is 27.1 Å². The summed E-state index contributed by atoms with van der Waals surface area (Å²) in [7, 11) is -1.88. The van der Waals surface area contributed by atoms with Crippen LogP contribution in [0.4, 0.5) is 22.7 Å². The molecular weight excluding hydrogens is 759 g/mol. The predicted molar refractivity (Wildman–Crippen MR) is 207 cm³/mol. The van der Waals surface area contributed by atoms with Crippen molar-refractivity contribution in [2.45, 2.75) is 78.1 Å². The van der Waals surface area contributed by atoms with Gasteiger partial charge in [0.2, 0.25) is 0 Å².